The number of carbonyl (C=O) groups excluding carboxylic acids is 1. The summed E-state index contributed by atoms with van der Waals surface area (Å²) in [6, 6.07) is 7.72. The molecule has 0 aliphatic rings. The summed E-state index contributed by atoms with van der Waals surface area (Å²) in [6.45, 7) is 0. The lowest BCUT2D eigenvalue weighted by Crippen LogP contribution is -1.93. The molecule has 0 bridgehead atoms. The molecule has 0 fully saturated rings. The highest BCUT2D eigenvalue weighted by molar-refractivity contribution is 5.76. The van der Waals surface area contributed by atoms with Crippen molar-refractivity contribution < 1.29 is 9.53 Å². The number of benzene rings is 1. The number of nitrogens with one attached hydrogen (secondary N) is 1. The van der Waals surface area contributed by atoms with Crippen molar-refractivity contribution in [1.29, 1.82) is 0 Å². The first-order valence-corrected chi connectivity index (χ1v) is 4.94. The van der Waals surface area contributed by atoms with Gasteiger partial charge in [-0.05, 0) is 17.7 Å². The summed E-state index contributed by atoms with van der Waals surface area (Å²) < 4.78 is 5.07. The molecule has 82 valence electrons. The molecule has 4 heteroatoms. The lowest BCUT2D eigenvalue weighted by Gasteiger charge is -2.02. The highest BCUT2D eigenvalue weighted by atomic mass is 16.5. The monoisotopic (exact) mass is 216 g/mol. The van der Waals surface area contributed by atoms with E-state index in [1.165, 1.54) is 6.20 Å². The van der Waals surface area contributed by atoms with Crippen molar-refractivity contribution in [3.05, 3.63) is 47.3 Å². The molecule has 2 aromatic rings. The molecular formula is C12H12N2O2. The van der Waals surface area contributed by atoms with Crippen molar-refractivity contribution in [2.45, 2.75) is 6.42 Å². The third kappa shape index (κ3) is 2.11. The molecule has 16 heavy (non-hydrogen) atoms. The van der Waals surface area contributed by atoms with Gasteiger partial charge < -0.3 is 4.74 Å². The standard InChI is InChI=1S/C12H12N2O2/c1-16-11-4-2-9(3-5-11)6-12-10(8-15)7-13-14-12/h2-5,7-8H,6H2,1H3,(H,13,14). The van der Waals surface area contributed by atoms with Gasteiger partial charge in [-0.15, -0.1) is 0 Å². The van der Waals surface area contributed by atoms with Crippen molar-refractivity contribution >= 4 is 6.29 Å². The average molecular weight is 216 g/mol. The van der Waals surface area contributed by atoms with Crippen LogP contribution in [-0.2, 0) is 6.42 Å². The largest absolute Gasteiger partial charge is 0.497 e. The normalized spacial score (nSPS) is 10.1. The van der Waals surface area contributed by atoms with E-state index in [2.05, 4.69) is 10.2 Å². The Morgan fingerprint density at radius 2 is 2.12 bits per heavy atom. The molecule has 1 aromatic heterocycles. The summed E-state index contributed by atoms with van der Waals surface area (Å²) in [7, 11) is 1.63. The lowest BCUT2D eigenvalue weighted by atomic mass is 10.1. The second kappa shape index (κ2) is 4.61. The summed E-state index contributed by atoms with van der Waals surface area (Å²) in [5.74, 6) is 0.823. The van der Waals surface area contributed by atoms with Gasteiger partial charge in [-0.2, -0.15) is 5.10 Å². The maximum Gasteiger partial charge on any atom is 0.153 e. The van der Waals surface area contributed by atoms with E-state index in [0.717, 1.165) is 23.3 Å². The van der Waals surface area contributed by atoms with E-state index in [0.29, 0.717) is 12.0 Å². The molecule has 1 aromatic carbocycles. The third-order valence-corrected chi connectivity index (χ3v) is 2.42. The zero-order valence-corrected chi connectivity index (χ0v) is 8.93. The molecule has 0 unspecified atom stereocenters. The Morgan fingerprint density at radius 3 is 2.75 bits per heavy atom. The summed E-state index contributed by atoms with van der Waals surface area (Å²) in [6.07, 6.45) is 3.01. The number of hydrogen-bond acceptors (Lipinski definition) is 3. The quantitative estimate of drug-likeness (QED) is 0.793. The molecule has 0 saturated carbocycles. The summed E-state index contributed by atoms with van der Waals surface area (Å²) in [5.41, 5.74) is 2.55. The second-order valence-electron chi connectivity index (χ2n) is 3.45. The Balaban J connectivity index is 2.17. The first-order valence-electron chi connectivity index (χ1n) is 4.94. The van der Waals surface area contributed by atoms with E-state index in [9.17, 15) is 4.79 Å². The number of rotatable bonds is 4. The van der Waals surface area contributed by atoms with Crippen LogP contribution in [0.4, 0.5) is 0 Å². The van der Waals surface area contributed by atoms with Gasteiger partial charge in [0.1, 0.15) is 5.75 Å². The molecule has 4 nitrogen and oxygen atoms in total. The number of ether oxygens (including phenoxy) is 1. The topological polar surface area (TPSA) is 55.0 Å². The number of nitrogens with zero attached hydrogens (tertiary/aromatic N) is 1. The SMILES string of the molecule is COc1ccc(Cc2[nH]ncc2C=O)cc1. The van der Waals surface area contributed by atoms with E-state index in [-0.39, 0.29) is 0 Å². The van der Waals surface area contributed by atoms with E-state index >= 15 is 0 Å². The van der Waals surface area contributed by atoms with Crippen LogP contribution in [0.3, 0.4) is 0 Å². The van der Waals surface area contributed by atoms with Gasteiger partial charge >= 0.3 is 0 Å². The lowest BCUT2D eigenvalue weighted by molar-refractivity contribution is 0.112. The van der Waals surface area contributed by atoms with Gasteiger partial charge in [0.25, 0.3) is 0 Å². The fourth-order valence-corrected chi connectivity index (χ4v) is 1.51. The van der Waals surface area contributed by atoms with Crippen molar-refractivity contribution in [3.8, 4) is 5.75 Å². The minimum Gasteiger partial charge on any atom is -0.497 e. The van der Waals surface area contributed by atoms with Gasteiger partial charge in [0.05, 0.1) is 24.6 Å². The minimum absolute atomic E-state index is 0.607. The van der Waals surface area contributed by atoms with Crippen LogP contribution < -0.4 is 4.74 Å². The Morgan fingerprint density at radius 1 is 1.38 bits per heavy atom. The van der Waals surface area contributed by atoms with E-state index < -0.39 is 0 Å². The number of carbonyl (C=O) groups is 1. The predicted octanol–water partition coefficient (Wildman–Crippen LogP) is 1.82. The molecule has 0 aliphatic carbocycles. The Kier molecular flexibility index (Phi) is 3.00. The maximum absolute atomic E-state index is 10.7. The smallest absolute Gasteiger partial charge is 0.153 e. The van der Waals surface area contributed by atoms with Crippen LogP contribution in [0.1, 0.15) is 21.6 Å². The van der Waals surface area contributed by atoms with Gasteiger partial charge in [-0.25, -0.2) is 0 Å². The van der Waals surface area contributed by atoms with Gasteiger partial charge in [0.15, 0.2) is 6.29 Å². The molecule has 0 saturated heterocycles. The van der Waals surface area contributed by atoms with Crippen LogP contribution in [0.25, 0.3) is 0 Å². The van der Waals surface area contributed by atoms with Crippen LogP contribution in [-0.4, -0.2) is 23.6 Å². The van der Waals surface area contributed by atoms with E-state index in [1.807, 2.05) is 24.3 Å². The summed E-state index contributed by atoms with van der Waals surface area (Å²) >= 11 is 0. The number of H-pyrrole nitrogens is 1. The fourth-order valence-electron chi connectivity index (χ4n) is 1.51. The molecule has 0 amide bonds. The number of hydrogen-bond donors (Lipinski definition) is 1. The van der Waals surface area contributed by atoms with Crippen molar-refractivity contribution in [2.24, 2.45) is 0 Å². The van der Waals surface area contributed by atoms with Gasteiger partial charge in [0.2, 0.25) is 0 Å². The third-order valence-electron chi connectivity index (χ3n) is 2.42. The zero-order valence-electron chi connectivity index (χ0n) is 8.93. The summed E-state index contributed by atoms with van der Waals surface area (Å²) in [5, 5.41) is 6.66. The Bertz CT molecular complexity index is 474. The van der Waals surface area contributed by atoms with Gasteiger partial charge in [-0.3, -0.25) is 9.89 Å². The van der Waals surface area contributed by atoms with Crippen LogP contribution >= 0.6 is 0 Å². The number of aromatic nitrogens is 2. The molecule has 1 N–H and O–H groups in total. The molecular weight excluding hydrogens is 204 g/mol. The van der Waals surface area contributed by atoms with E-state index in [4.69, 9.17) is 4.74 Å². The van der Waals surface area contributed by atoms with Crippen molar-refractivity contribution in [3.63, 3.8) is 0 Å². The molecule has 0 aliphatic heterocycles. The highest BCUT2D eigenvalue weighted by Gasteiger charge is 2.04. The Hall–Kier alpha value is -2.10. The Labute approximate surface area is 93.3 Å². The van der Waals surface area contributed by atoms with E-state index in [1.54, 1.807) is 7.11 Å². The zero-order chi connectivity index (χ0) is 11.4. The number of aldehydes is 1. The molecule has 2 rings (SSSR count). The van der Waals surface area contributed by atoms with Gasteiger partial charge in [0, 0.05) is 6.42 Å². The van der Waals surface area contributed by atoms with Crippen LogP contribution in [0.15, 0.2) is 30.5 Å². The minimum atomic E-state index is 0.607. The van der Waals surface area contributed by atoms with Crippen LogP contribution in [0.5, 0.6) is 5.75 Å². The van der Waals surface area contributed by atoms with Gasteiger partial charge in [-0.1, -0.05) is 12.1 Å². The fraction of sp³-hybridized carbons (Fsp3) is 0.167. The van der Waals surface area contributed by atoms with Crippen LogP contribution in [0, 0.1) is 0 Å². The molecule has 0 spiro atoms. The predicted molar refractivity (Wildman–Crippen MR) is 59.8 cm³/mol. The van der Waals surface area contributed by atoms with Crippen molar-refractivity contribution in [1.82, 2.24) is 10.2 Å². The maximum atomic E-state index is 10.7. The number of aromatic amines is 1. The first kappa shape index (κ1) is 10.4. The van der Waals surface area contributed by atoms with Crippen molar-refractivity contribution in [2.75, 3.05) is 7.11 Å². The second-order valence-corrected chi connectivity index (χ2v) is 3.45. The van der Waals surface area contributed by atoms with Crippen LogP contribution in [0.2, 0.25) is 0 Å². The first-order chi connectivity index (χ1) is 7.83. The average Bonchev–Trinajstić information content (AvgIpc) is 2.77. The number of methoxy groups -OCH3 is 1. The molecule has 1 heterocycles. The highest BCUT2D eigenvalue weighted by Crippen LogP contribution is 2.15. The molecule has 0 radical (unpaired) electrons. The summed E-state index contributed by atoms with van der Waals surface area (Å²) in [4.78, 5) is 10.7. The molecule has 0 atom stereocenters.